The van der Waals surface area contributed by atoms with Gasteiger partial charge >= 0.3 is 5.97 Å². The predicted molar refractivity (Wildman–Crippen MR) is 86.4 cm³/mol. The van der Waals surface area contributed by atoms with Crippen molar-refractivity contribution in [2.75, 3.05) is 6.54 Å². The fourth-order valence-corrected chi connectivity index (χ4v) is 3.01. The number of aliphatic carboxylic acids is 1. The number of likely N-dealkylation sites (tertiary alicyclic amines) is 1. The summed E-state index contributed by atoms with van der Waals surface area (Å²) in [5.74, 6) is -1.05. The molecule has 1 unspecified atom stereocenters. The highest BCUT2D eigenvalue weighted by atomic mass is 16.4. The third-order valence-corrected chi connectivity index (χ3v) is 4.36. The summed E-state index contributed by atoms with van der Waals surface area (Å²) in [7, 11) is 0. The zero-order valence-corrected chi connectivity index (χ0v) is 13.5. The van der Waals surface area contributed by atoms with Gasteiger partial charge in [0.2, 0.25) is 5.91 Å². The van der Waals surface area contributed by atoms with Gasteiger partial charge in [0.1, 0.15) is 0 Å². The van der Waals surface area contributed by atoms with Crippen molar-refractivity contribution in [3.63, 3.8) is 0 Å². The molecule has 1 aromatic rings. The summed E-state index contributed by atoms with van der Waals surface area (Å²) < 4.78 is 0. The van der Waals surface area contributed by atoms with Gasteiger partial charge in [-0.05, 0) is 24.8 Å². The van der Waals surface area contributed by atoms with Crippen molar-refractivity contribution < 1.29 is 19.5 Å². The standard InChI is InChI=1S/C18H23NO4/c1-2-13-5-7-14(8-6-13)16(20)9-10-17(21)19-11-3-4-15(19)12-18(22)23/h5-8,15H,2-4,9-12H2,1H3,(H,22,23). The van der Waals surface area contributed by atoms with Crippen molar-refractivity contribution in [2.45, 2.75) is 51.5 Å². The number of aryl methyl sites for hydroxylation is 1. The smallest absolute Gasteiger partial charge is 0.305 e. The van der Waals surface area contributed by atoms with Gasteiger partial charge in [0.25, 0.3) is 0 Å². The van der Waals surface area contributed by atoms with E-state index in [0.29, 0.717) is 12.1 Å². The molecule has 0 aliphatic carbocycles. The average molecular weight is 317 g/mol. The molecule has 0 aromatic heterocycles. The number of carboxylic acid groups (broad SMARTS) is 1. The Morgan fingerprint density at radius 3 is 2.48 bits per heavy atom. The Balaban J connectivity index is 1.87. The van der Waals surface area contributed by atoms with Gasteiger partial charge in [-0.25, -0.2) is 0 Å². The van der Waals surface area contributed by atoms with Crippen LogP contribution in [0, 0.1) is 0 Å². The average Bonchev–Trinajstić information content (AvgIpc) is 2.99. The molecular weight excluding hydrogens is 294 g/mol. The molecule has 1 fully saturated rings. The summed E-state index contributed by atoms with van der Waals surface area (Å²) in [6, 6.07) is 7.24. The van der Waals surface area contributed by atoms with E-state index in [4.69, 9.17) is 5.11 Å². The second-order valence-electron chi connectivity index (χ2n) is 5.95. The third-order valence-electron chi connectivity index (χ3n) is 4.36. The molecule has 1 amide bonds. The van der Waals surface area contributed by atoms with Gasteiger partial charge in [-0.1, -0.05) is 31.2 Å². The van der Waals surface area contributed by atoms with Crippen molar-refractivity contribution in [1.82, 2.24) is 4.90 Å². The normalized spacial score (nSPS) is 17.3. The Kier molecular flexibility index (Phi) is 5.90. The largest absolute Gasteiger partial charge is 0.481 e. The second kappa shape index (κ2) is 7.90. The van der Waals surface area contributed by atoms with Crippen LogP contribution in [0.25, 0.3) is 0 Å². The molecule has 23 heavy (non-hydrogen) atoms. The summed E-state index contributed by atoms with van der Waals surface area (Å²) in [5.41, 5.74) is 1.80. The molecule has 1 aliphatic heterocycles. The molecule has 0 saturated carbocycles. The molecule has 1 atom stereocenters. The topological polar surface area (TPSA) is 74.7 Å². The minimum absolute atomic E-state index is 0.0157. The lowest BCUT2D eigenvalue weighted by atomic mass is 10.0. The van der Waals surface area contributed by atoms with E-state index in [-0.39, 0.29) is 37.0 Å². The Labute approximate surface area is 136 Å². The summed E-state index contributed by atoms with van der Waals surface area (Å²) >= 11 is 0. The molecular formula is C18H23NO4. The van der Waals surface area contributed by atoms with Gasteiger partial charge < -0.3 is 10.0 Å². The summed E-state index contributed by atoms with van der Waals surface area (Å²) in [6.45, 7) is 2.65. The van der Waals surface area contributed by atoms with E-state index in [1.165, 1.54) is 5.56 Å². The van der Waals surface area contributed by atoms with Crippen LogP contribution in [0.2, 0.25) is 0 Å². The monoisotopic (exact) mass is 317 g/mol. The Morgan fingerprint density at radius 1 is 1.17 bits per heavy atom. The van der Waals surface area contributed by atoms with E-state index in [1.807, 2.05) is 12.1 Å². The number of nitrogens with zero attached hydrogens (tertiary/aromatic N) is 1. The lowest BCUT2D eigenvalue weighted by molar-refractivity contribution is -0.139. The van der Waals surface area contributed by atoms with Crippen LogP contribution in [-0.4, -0.2) is 40.3 Å². The maximum absolute atomic E-state index is 12.3. The molecule has 5 nitrogen and oxygen atoms in total. The lowest BCUT2D eigenvalue weighted by Crippen LogP contribution is -2.36. The summed E-state index contributed by atoms with van der Waals surface area (Å²) in [4.78, 5) is 36.9. The Bertz CT molecular complexity index is 579. The van der Waals surface area contributed by atoms with Crippen LogP contribution in [0.4, 0.5) is 0 Å². The molecule has 124 valence electrons. The first-order valence-corrected chi connectivity index (χ1v) is 8.14. The highest BCUT2D eigenvalue weighted by Crippen LogP contribution is 2.21. The van der Waals surface area contributed by atoms with Crippen LogP contribution in [0.15, 0.2) is 24.3 Å². The molecule has 1 heterocycles. The third kappa shape index (κ3) is 4.65. The van der Waals surface area contributed by atoms with E-state index >= 15 is 0 Å². The number of amides is 1. The van der Waals surface area contributed by atoms with Crippen molar-refractivity contribution in [1.29, 1.82) is 0 Å². The molecule has 0 bridgehead atoms. The number of carbonyl (C=O) groups excluding carboxylic acids is 2. The number of carbonyl (C=O) groups is 3. The maximum atomic E-state index is 12.3. The molecule has 1 N–H and O–H groups in total. The number of Topliss-reactive ketones (excluding diaryl/α,β-unsaturated/α-hetero) is 1. The first-order chi connectivity index (χ1) is 11.0. The molecule has 1 saturated heterocycles. The molecule has 0 radical (unpaired) electrons. The van der Waals surface area contributed by atoms with Gasteiger partial charge in [0.05, 0.1) is 6.42 Å². The van der Waals surface area contributed by atoms with Gasteiger partial charge in [0.15, 0.2) is 5.78 Å². The van der Waals surface area contributed by atoms with Crippen LogP contribution in [0.3, 0.4) is 0 Å². The van der Waals surface area contributed by atoms with Crippen molar-refractivity contribution >= 4 is 17.7 Å². The van der Waals surface area contributed by atoms with E-state index in [2.05, 4.69) is 6.92 Å². The number of hydrogen-bond donors (Lipinski definition) is 1. The summed E-state index contributed by atoms with van der Waals surface area (Å²) in [6.07, 6.45) is 2.77. The SMILES string of the molecule is CCc1ccc(C(=O)CCC(=O)N2CCCC2CC(=O)O)cc1. The van der Waals surface area contributed by atoms with E-state index in [0.717, 1.165) is 19.3 Å². The molecule has 1 aromatic carbocycles. The minimum atomic E-state index is -0.887. The summed E-state index contributed by atoms with van der Waals surface area (Å²) in [5, 5.41) is 8.89. The number of ketones is 1. The van der Waals surface area contributed by atoms with Crippen LogP contribution >= 0.6 is 0 Å². The predicted octanol–water partition coefficient (Wildman–Crippen LogP) is 2.68. The maximum Gasteiger partial charge on any atom is 0.305 e. The van der Waals surface area contributed by atoms with E-state index in [1.54, 1.807) is 17.0 Å². The molecule has 1 aliphatic rings. The number of hydrogen-bond acceptors (Lipinski definition) is 3. The van der Waals surface area contributed by atoms with Crippen molar-refractivity contribution in [3.05, 3.63) is 35.4 Å². The fraction of sp³-hybridized carbons (Fsp3) is 0.500. The zero-order valence-electron chi connectivity index (χ0n) is 13.5. The van der Waals surface area contributed by atoms with Gasteiger partial charge in [0, 0.05) is 31.0 Å². The first kappa shape index (κ1) is 17.2. The van der Waals surface area contributed by atoms with Crippen LogP contribution in [-0.2, 0) is 16.0 Å². The first-order valence-electron chi connectivity index (χ1n) is 8.14. The van der Waals surface area contributed by atoms with Crippen LogP contribution in [0.1, 0.15) is 54.9 Å². The number of benzene rings is 1. The highest BCUT2D eigenvalue weighted by molar-refractivity contribution is 5.98. The Morgan fingerprint density at radius 2 is 1.87 bits per heavy atom. The highest BCUT2D eigenvalue weighted by Gasteiger charge is 2.30. The second-order valence-corrected chi connectivity index (χ2v) is 5.95. The molecule has 2 rings (SSSR count). The zero-order chi connectivity index (χ0) is 16.8. The van der Waals surface area contributed by atoms with Crippen molar-refractivity contribution in [3.8, 4) is 0 Å². The Hall–Kier alpha value is -2.17. The lowest BCUT2D eigenvalue weighted by Gasteiger charge is -2.23. The van der Waals surface area contributed by atoms with Crippen LogP contribution < -0.4 is 0 Å². The van der Waals surface area contributed by atoms with Crippen LogP contribution in [0.5, 0.6) is 0 Å². The van der Waals surface area contributed by atoms with Gasteiger partial charge in [-0.2, -0.15) is 0 Å². The van der Waals surface area contributed by atoms with Gasteiger partial charge in [-0.3, -0.25) is 14.4 Å². The molecule has 0 spiro atoms. The number of carboxylic acids is 1. The quantitative estimate of drug-likeness (QED) is 0.785. The minimum Gasteiger partial charge on any atom is -0.481 e. The van der Waals surface area contributed by atoms with E-state index < -0.39 is 5.97 Å². The van der Waals surface area contributed by atoms with E-state index in [9.17, 15) is 14.4 Å². The number of rotatable bonds is 7. The van der Waals surface area contributed by atoms with Gasteiger partial charge in [-0.15, -0.1) is 0 Å². The molecule has 5 heteroatoms. The fourth-order valence-electron chi connectivity index (χ4n) is 3.01. The van der Waals surface area contributed by atoms with Crippen molar-refractivity contribution in [2.24, 2.45) is 0 Å².